The Morgan fingerprint density at radius 1 is 1.09 bits per heavy atom. The van der Waals surface area contributed by atoms with Crippen molar-refractivity contribution in [3.05, 3.63) is 72.1 Å². The predicted octanol–water partition coefficient (Wildman–Crippen LogP) is 4.71. The highest BCUT2D eigenvalue weighted by Gasteiger charge is 2.36. The molecule has 1 unspecified atom stereocenters. The highest BCUT2D eigenvalue weighted by atomic mass is 32.2. The molecular weight excluding hydrogens is 462 g/mol. The molecule has 0 radical (unpaired) electrons. The molecule has 0 aliphatic heterocycles. The molecule has 35 heavy (non-hydrogen) atoms. The van der Waals surface area contributed by atoms with Crippen molar-refractivity contribution in [3.8, 4) is 16.9 Å². The van der Waals surface area contributed by atoms with E-state index in [4.69, 9.17) is 4.74 Å². The smallest absolute Gasteiger partial charge is 0.160 e. The zero-order valence-corrected chi connectivity index (χ0v) is 21.2. The molecule has 8 heteroatoms. The van der Waals surface area contributed by atoms with E-state index in [-0.39, 0.29) is 35.1 Å². The Morgan fingerprint density at radius 2 is 1.83 bits per heavy atom. The van der Waals surface area contributed by atoms with Gasteiger partial charge in [0.05, 0.1) is 29.2 Å². The molecule has 2 aromatic heterocycles. The average molecular weight is 494 g/mol. The number of ether oxygens (including phenoxy) is 1. The van der Waals surface area contributed by atoms with Crippen molar-refractivity contribution in [3.63, 3.8) is 0 Å². The quantitative estimate of drug-likeness (QED) is 0.381. The van der Waals surface area contributed by atoms with Crippen molar-refractivity contribution in [1.82, 2.24) is 15.0 Å². The van der Waals surface area contributed by atoms with E-state index < -0.39 is 15.8 Å². The molecular formula is C27H31N3O4S. The maximum absolute atomic E-state index is 13.2. The average Bonchev–Trinajstić information content (AvgIpc) is 3.66. The maximum Gasteiger partial charge on any atom is 0.160 e. The summed E-state index contributed by atoms with van der Waals surface area (Å²) < 4.78 is 30.4. The Kier molecular flexibility index (Phi) is 7.60. The third-order valence-electron chi connectivity index (χ3n) is 5.99. The second-order valence-electron chi connectivity index (χ2n) is 9.28. The second-order valence-corrected chi connectivity index (χ2v) is 11.6. The fourth-order valence-electron chi connectivity index (χ4n) is 4.06. The molecule has 2 heterocycles. The van der Waals surface area contributed by atoms with E-state index in [1.807, 2.05) is 51.1 Å². The molecule has 0 N–H and O–H groups in total. The summed E-state index contributed by atoms with van der Waals surface area (Å²) in [6.07, 6.45) is 7.38. The van der Waals surface area contributed by atoms with Crippen molar-refractivity contribution in [1.29, 1.82) is 0 Å². The van der Waals surface area contributed by atoms with Crippen molar-refractivity contribution in [2.45, 2.75) is 69.5 Å². The van der Waals surface area contributed by atoms with Crippen LogP contribution in [0.15, 0.2) is 55.0 Å². The van der Waals surface area contributed by atoms with Crippen molar-refractivity contribution >= 4 is 15.6 Å². The molecule has 0 bridgehead atoms. The van der Waals surface area contributed by atoms with Gasteiger partial charge in [0.1, 0.15) is 23.1 Å². The number of carbonyl (C=O) groups is 1. The number of rotatable bonds is 11. The molecule has 1 atom stereocenters. The summed E-state index contributed by atoms with van der Waals surface area (Å²) in [6, 6.07) is 11.5. The van der Waals surface area contributed by atoms with Crippen LogP contribution in [0.4, 0.5) is 0 Å². The fourth-order valence-corrected chi connectivity index (χ4v) is 5.65. The van der Waals surface area contributed by atoms with E-state index in [1.54, 1.807) is 24.7 Å². The normalized spacial score (nSPS) is 14.6. The lowest BCUT2D eigenvalue weighted by atomic mass is 9.92. The number of hydrogen-bond acceptors (Lipinski definition) is 7. The summed E-state index contributed by atoms with van der Waals surface area (Å²) in [4.78, 5) is 26.0. The first kappa shape index (κ1) is 25.0. The summed E-state index contributed by atoms with van der Waals surface area (Å²) in [5, 5.41) is -0.262. The molecule has 1 aromatic carbocycles. The number of carbonyl (C=O) groups excluding carboxylic acids is 1. The van der Waals surface area contributed by atoms with E-state index in [0.29, 0.717) is 25.0 Å². The van der Waals surface area contributed by atoms with Gasteiger partial charge in [-0.2, -0.15) is 0 Å². The molecule has 0 spiro atoms. The number of nitrogens with zero attached hydrogens (tertiary/aromatic N) is 3. The minimum Gasteiger partial charge on any atom is -0.489 e. The van der Waals surface area contributed by atoms with E-state index in [0.717, 1.165) is 22.4 Å². The number of sulfone groups is 1. The van der Waals surface area contributed by atoms with Gasteiger partial charge in [-0.1, -0.05) is 31.2 Å². The third kappa shape index (κ3) is 6.51. The minimum atomic E-state index is -3.22. The summed E-state index contributed by atoms with van der Waals surface area (Å²) in [5.74, 6) is 0.451. The summed E-state index contributed by atoms with van der Waals surface area (Å²) >= 11 is 0. The van der Waals surface area contributed by atoms with Crippen molar-refractivity contribution in [2.75, 3.05) is 0 Å². The van der Waals surface area contributed by atoms with Crippen LogP contribution in [-0.2, 0) is 26.8 Å². The first-order valence-electron chi connectivity index (χ1n) is 12.0. The number of pyridine rings is 1. The summed E-state index contributed by atoms with van der Waals surface area (Å²) in [7, 11) is -3.22. The Bertz CT molecular complexity index is 1290. The molecule has 0 saturated heterocycles. The van der Waals surface area contributed by atoms with Gasteiger partial charge in [-0.25, -0.2) is 18.4 Å². The van der Waals surface area contributed by atoms with Crippen LogP contribution in [0, 0.1) is 0 Å². The van der Waals surface area contributed by atoms with Crippen LogP contribution in [0.25, 0.3) is 11.1 Å². The van der Waals surface area contributed by atoms with Crippen LogP contribution >= 0.6 is 0 Å². The topological polar surface area (TPSA) is 99.1 Å². The second kappa shape index (κ2) is 10.6. The highest BCUT2D eigenvalue weighted by molar-refractivity contribution is 7.91. The van der Waals surface area contributed by atoms with Crippen LogP contribution in [0.1, 0.15) is 63.0 Å². The zero-order valence-electron chi connectivity index (χ0n) is 20.3. The summed E-state index contributed by atoms with van der Waals surface area (Å²) in [5.41, 5.74) is 3.43. The molecule has 0 amide bonds. The van der Waals surface area contributed by atoms with Gasteiger partial charge in [-0.15, -0.1) is 0 Å². The van der Waals surface area contributed by atoms with Crippen LogP contribution in [-0.4, -0.2) is 40.5 Å². The van der Waals surface area contributed by atoms with Gasteiger partial charge in [-0.05, 0) is 56.4 Å². The van der Waals surface area contributed by atoms with E-state index in [1.165, 1.54) is 0 Å². The Hall–Kier alpha value is -3.13. The van der Waals surface area contributed by atoms with E-state index in [2.05, 4.69) is 15.0 Å². The molecule has 1 saturated carbocycles. The van der Waals surface area contributed by atoms with Gasteiger partial charge >= 0.3 is 0 Å². The molecule has 184 valence electrons. The van der Waals surface area contributed by atoms with Gasteiger partial charge in [-0.3, -0.25) is 9.78 Å². The van der Waals surface area contributed by atoms with Crippen molar-refractivity contribution in [2.24, 2.45) is 0 Å². The Morgan fingerprint density at radius 3 is 2.49 bits per heavy atom. The number of hydrogen-bond donors (Lipinski definition) is 0. The van der Waals surface area contributed by atoms with Crippen LogP contribution in [0.2, 0.25) is 0 Å². The molecule has 1 aliphatic carbocycles. The molecule has 1 fully saturated rings. The van der Waals surface area contributed by atoms with E-state index in [9.17, 15) is 13.2 Å². The van der Waals surface area contributed by atoms with Crippen LogP contribution in [0.3, 0.4) is 0 Å². The number of Topliss-reactive ketones (excluding diaryl/α,β-unsaturated/α-hetero) is 1. The van der Waals surface area contributed by atoms with Gasteiger partial charge in [0.15, 0.2) is 9.84 Å². The first-order chi connectivity index (χ1) is 16.7. The number of aromatic nitrogens is 3. The standard InChI is InChI=1S/C27H31N3O4S/c1-4-24(25-11-12-29-27(30-25)17-35(32,33)23-9-10-23)26(31)13-19-5-7-20(8-6-19)21-14-22(16-28-15-21)34-18(2)3/h5-8,11-12,14-16,18,23-24H,4,9-10,13,17H2,1-3H3. The van der Waals surface area contributed by atoms with E-state index >= 15 is 0 Å². The number of benzene rings is 1. The predicted molar refractivity (Wildman–Crippen MR) is 135 cm³/mol. The van der Waals surface area contributed by atoms with Gasteiger partial charge in [0, 0.05) is 24.4 Å². The molecule has 4 rings (SSSR count). The van der Waals surface area contributed by atoms with Gasteiger partial charge < -0.3 is 4.74 Å². The number of ketones is 1. The minimum absolute atomic E-state index is 0.0453. The fraction of sp³-hybridized carbons (Fsp3) is 0.407. The first-order valence-corrected chi connectivity index (χ1v) is 13.7. The lowest BCUT2D eigenvalue weighted by Gasteiger charge is -2.14. The largest absolute Gasteiger partial charge is 0.489 e. The monoisotopic (exact) mass is 493 g/mol. The van der Waals surface area contributed by atoms with Crippen LogP contribution < -0.4 is 4.74 Å². The summed E-state index contributed by atoms with van der Waals surface area (Å²) in [6.45, 7) is 5.88. The highest BCUT2D eigenvalue weighted by Crippen LogP contribution is 2.31. The Labute approximate surface area is 206 Å². The maximum atomic E-state index is 13.2. The molecule has 1 aliphatic rings. The SMILES string of the molecule is CCC(C(=O)Cc1ccc(-c2cncc(OC(C)C)c2)cc1)c1ccnc(CS(=O)(=O)C2CC2)n1. The van der Waals surface area contributed by atoms with Gasteiger partial charge in [0.2, 0.25) is 0 Å². The molecule has 7 nitrogen and oxygen atoms in total. The lowest BCUT2D eigenvalue weighted by Crippen LogP contribution is -2.18. The van der Waals surface area contributed by atoms with Gasteiger partial charge in [0.25, 0.3) is 0 Å². The Balaban J connectivity index is 1.44. The van der Waals surface area contributed by atoms with Crippen molar-refractivity contribution < 1.29 is 17.9 Å². The zero-order chi connectivity index (χ0) is 25.0. The van der Waals surface area contributed by atoms with Crippen LogP contribution in [0.5, 0.6) is 5.75 Å². The lowest BCUT2D eigenvalue weighted by molar-refractivity contribution is -0.120. The molecule has 3 aromatic rings. The third-order valence-corrected chi connectivity index (χ3v) is 8.14.